The van der Waals surface area contributed by atoms with Crippen LogP contribution in [0.5, 0.6) is 0 Å². The molecule has 2 N–H and O–H groups in total. The number of hydrogen-bond donors (Lipinski definition) is 2. The highest BCUT2D eigenvalue weighted by atomic mass is 16.2. The lowest BCUT2D eigenvalue weighted by molar-refractivity contribution is -0.119. The predicted molar refractivity (Wildman–Crippen MR) is 78.1 cm³/mol. The Hall–Kier alpha value is -1.84. The molecule has 104 valence electrons. The van der Waals surface area contributed by atoms with E-state index in [4.69, 9.17) is 0 Å². The second kappa shape index (κ2) is 7.56. The van der Waals surface area contributed by atoms with E-state index in [0.717, 1.165) is 12.8 Å². The van der Waals surface area contributed by atoms with Gasteiger partial charge in [-0.2, -0.15) is 0 Å². The van der Waals surface area contributed by atoms with Crippen LogP contribution >= 0.6 is 0 Å². The van der Waals surface area contributed by atoms with Crippen LogP contribution in [0.4, 0.5) is 11.4 Å². The van der Waals surface area contributed by atoms with Crippen molar-refractivity contribution in [3.63, 3.8) is 0 Å². The summed E-state index contributed by atoms with van der Waals surface area (Å²) in [4.78, 5) is 23.4. The minimum Gasteiger partial charge on any atom is -0.324 e. The van der Waals surface area contributed by atoms with Crippen LogP contribution in [0.1, 0.15) is 40.0 Å². The van der Waals surface area contributed by atoms with Gasteiger partial charge < -0.3 is 10.6 Å². The summed E-state index contributed by atoms with van der Waals surface area (Å²) in [5, 5.41) is 5.65. The normalized spacial score (nSPS) is 10.3. The molecule has 0 heterocycles. The van der Waals surface area contributed by atoms with Crippen LogP contribution in [0.2, 0.25) is 0 Å². The Morgan fingerprint density at radius 3 is 2.21 bits per heavy atom. The summed E-state index contributed by atoms with van der Waals surface area (Å²) in [6.45, 7) is 5.71. The van der Waals surface area contributed by atoms with E-state index < -0.39 is 0 Å². The Morgan fingerprint density at radius 2 is 1.68 bits per heavy atom. The van der Waals surface area contributed by atoms with E-state index >= 15 is 0 Å². The summed E-state index contributed by atoms with van der Waals surface area (Å²) in [6.07, 6.45) is 2.36. The summed E-state index contributed by atoms with van der Waals surface area (Å²) in [7, 11) is 0. The minimum absolute atomic E-state index is 0.0203. The van der Waals surface area contributed by atoms with Gasteiger partial charge in [-0.25, -0.2) is 0 Å². The lowest BCUT2D eigenvalue weighted by Crippen LogP contribution is -2.20. The first-order valence-electron chi connectivity index (χ1n) is 6.74. The summed E-state index contributed by atoms with van der Waals surface area (Å²) in [5.41, 5.74) is 1.30. The number of unbranched alkanes of at least 4 members (excludes halogenated alkanes) is 1. The van der Waals surface area contributed by atoms with Gasteiger partial charge in [-0.1, -0.05) is 39.3 Å². The van der Waals surface area contributed by atoms with Gasteiger partial charge in [0.1, 0.15) is 0 Å². The van der Waals surface area contributed by atoms with Crippen LogP contribution in [0.15, 0.2) is 24.3 Å². The zero-order valence-electron chi connectivity index (χ0n) is 11.8. The lowest BCUT2D eigenvalue weighted by Gasteiger charge is -2.13. The molecule has 0 bridgehead atoms. The van der Waals surface area contributed by atoms with Gasteiger partial charge in [-0.3, -0.25) is 9.59 Å². The number of nitrogens with one attached hydrogen (secondary N) is 2. The second-order valence-corrected chi connectivity index (χ2v) is 4.84. The molecule has 4 nitrogen and oxygen atoms in total. The largest absolute Gasteiger partial charge is 0.324 e. The van der Waals surface area contributed by atoms with Crippen molar-refractivity contribution in [2.24, 2.45) is 5.92 Å². The fourth-order valence-electron chi connectivity index (χ4n) is 1.53. The SMILES string of the molecule is CCCCC(=O)Nc1ccccc1NC(=O)C(C)C. The van der Waals surface area contributed by atoms with Crippen LogP contribution in [0, 0.1) is 5.92 Å². The summed E-state index contributed by atoms with van der Waals surface area (Å²) >= 11 is 0. The lowest BCUT2D eigenvalue weighted by atomic mass is 10.2. The third-order valence-electron chi connectivity index (χ3n) is 2.74. The monoisotopic (exact) mass is 262 g/mol. The van der Waals surface area contributed by atoms with Crippen LogP contribution in [-0.4, -0.2) is 11.8 Å². The average molecular weight is 262 g/mol. The number of anilines is 2. The number of para-hydroxylation sites is 2. The number of hydrogen-bond acceptors (Lipinski definition) is 2. The molecule has 0 aliphatic carbocycles. The van der Waals surface area contributed by atoms with Crippen LogP contribution < -0.4 is 10.6 Å². The van der Waals surface area contributed by atoms with E-state index in [1.807, 2.05) is 32.9 Å². The third-order valence-corrected chi connectivity index (χ3v) is 2.74. The van der Waals surface area contributed by atoms with Crippen molar-refractivity contribution < 1.29 is 9.59 Å². The molecule has 4 heteroatoms. The molecule has 0 unspecified atom stereocenters. The molecule has 0 radical (unpaired) electrons. The number of rotatable bonds is 6. The second-order valence-electron chi connectivity index (χ2n) is 4.84. The predicted octanol–water partition coefficient (Wildman–Crippen LogP) is 3.41. The molecule has 0 atom stereocenters. The molecular weight excluding hydrogens is 240 g/mol. The van der Waals surface area contributed by atoms with Gasteiger partial charge in [0.2, 0.25) is 11.8 Å². The highest BCUT2D eigenvalue weighted by Gasteiger charge is 2.11. The van der Waals surface area contributed by atoms with Crippen molar-refractivity contribution in [2.75, 3.05) is 10.6 Å². The van der Waals surface area contributed by atoms with Gasteiger partial charge in [0.25, 0.3) is 0 Å². The highest BCUT2D eigenvalue weighted by Crippen LogP contribution is 2.22. The van der Waals surface area contributed by atoms with Gasteiger partial charge in [-0.15, -0.1) is 0 Å². The maximum Gasteiger partial charge on any atom is 0.226 e. The standard InChI is InChI=1S/C15H22N2O2/c1-4-5-10-14(18)16-12-8-6-7-9-13(12)17-15(19)11(2)3/h6-9,11H,4-5,10H2,1-3H3,(H,16,18)(H,17,19). The topological polar surface area (TPSA) is 58.2 Å². The smallest absolute Gasteiger partial charge is 0.226 e. The third kappa shape index (κ3) is 5.12. The molecule has 0 aliphatic rings. The maximum absolute atomic E-state index is 11.7. The molecule has 1 aromatic rings. The molecule has 19 heavy (non-hydrogen) atoms. The van der Waals surface area contributed by atoms with Crippen molar-refractivity contribution in [3.05, 3.63) is 24.3 Å². The first kappa shape index (κ1) is 15.2. The molecule has 0 fully saturated rings. The van der Waals surface area contributed by atoms with Crippen molar-refractivity contribution in [2.45, 2.75) is 40.0 Å². The Bertz CT molecular complexity index is 442. The van der Waals surface area contributed by atoms with Crippen molar-refractivity contribution in [3.8, 4) is 0 Å². The van der Waals surface area contributed by atoms with Crippen LogP contribution in [0.25, 0.3) is 0 Å². The number of carbonyl (C=O) groups is 2. The molecule has 0 saturated heterocycles. The summed E-state index contributed by atoms with van der Waals surface area (Å²) in [5.74, 6) is -0.174. The van der Waals surface area contributed by atoms with Gasteiger partial charge in [0.15, 0.2) is 0 Å². The molecule has 2 amide bonds. The van der Waals surface area contributed by atoms with Crippen molar-refractivity contribution >= 4 is 23.2 Å². The molecule has 1 rings (SSSR count). The molecule has 1 aromatic carbocycles. The van der Waals surface area contributed by atoms with E-state index in [1.54, 1.807) is 12.1 Å². The Morgan fingerprint density at radius 1 is 1.11 bits per heavy atom. The van der Waals surface area contributed by atoms with E-state index in [0.29, 0.717) is 17.8 Å². The Balaban J connectivity index is 2.73. The number of carbonyl (C=O) groups excluding carboxylic acids is 2. The zero-order valence-corrected chi connectivity index (χ0v) is 11.8. The molecular formula is C15H22N2O2. The van der Waals surface area contributed by atoms with Crippen molar-refractivity contribution in [1.29, 1.82) is 0 Å². The quantitative estimate of drug-likeness (QED) is 0.825. The van der Waals surface area contributed by atoms with E-state index in [9.17, 15) is 9.59 Å². The van der Waals surface area contributed by atoms with E-state index in [-0.39, 0.29) is 17.7 Å². The van der Waals surface area contributed by atoms with E-state index in [1.165, 1.54) is 0 Å². The number of benzene rings is 1. The number of amides is 2. The Labute approximate surface area is 114 Å². The summed E-state index contributed by atoms with van der Waals surface area (Å²) < 4.78 is 0. The van der Waals surface area contributed by atoms with Crippen molar-refractivity contribution in [1.82, 2.24) is 0 Å². The van der Waals surface area contributed by atoms with E-state index in [2.05, 4.69) is 10.6 Å². The first-order chi connectivity index (χ1) is 9.04. The molecule has 0 spiro atoms. The molecule has 0 aromatic heterocycles. The Kier molecular flexibility index (Phi) is 6.06. The van der Waals surface area contributed by atoms with Gasteiger partial charge in [0.05, 0.1) is 11.4 Å². The molecule has 0 saturated carbocycles. The van der Waals surface area contributed by atoms with Gasteiger partial charge >= 0.3 is 0 Å². The zero-order chi connectivity index (χ0) is 14.3. The molecule has 0 aliphatic heterocycles. The fourth-order valence-corrected chi connectivity index (χ4v) is 1.53. The van der Waals surface area contributed by atoms with Gasteiger partial charge in [-0.05, 0) is 18.6 Å². The summed E-state index contributed by atoms with van der Waals surface area (Å²) in [6, 6.07) is 7.24. The first-order valence-corrected chi connectivity index (χ1v) is 6.74. The highest BCUT2D eigenvalue weighted by molar-refractivity contribution is 5.99. The minimum atomic E-state index is -0.0937. The van der Waals surface area contributed by atoms with Crippen LogP contribution in [-0.2, 0) is 9.59 Å². The average Bonchev–Trinajstić information content (AvgIpc) is 2.38. The fraction of sp³-hybridized carbons (Fsp3) is 0.467. The van der Waals surface area contributed by atoms with Crippen LogP contribution in [0.3, 0.4) is 0 Å². The maximum atomic E-state index is 11.7. The van der Waals surface area contributed by atoms with Gasteiger partial charge in [0, 0.05) is 12.3 Å².